The van der Waals surface area contributed by atoms with Gasteiger partial charge in [-0.3, -0.25) is 0 Å². The maximum atomic E-state index is 5.67. The summed E-state index contributed by atoms with van der Waals surface area (Å²) in [5.41, 5.74) is 0.291. The highest BCUT2D eigenvalue weighted by atomic mass is 16.5. The maximum Gasteiger partial charge on any atom is 0.0697 e. The van der Waals surface area contributed by atoms with E-state index in [1.807, 2.05) is 0 Å². The Morgan fingerprint density at radius 3 is 2.64 bits per heavy atom. The van der Waals surface area contributed by atoms with Gasteiger partial charge >= 0.3 is 0 Å². The van der Waals surface area contributed by atoms with Crippen LogP contribution in [0.2, 0.25) is 0 Å². The van der Waals surface area contributed by atoms with Crippen molar-refractivity contribution in [2.45, 2.75) is 39.8 Å². The quantitative estimate of drug-likeness (QED) is 0.574. The molecule has 2 unspecified atom stereocenters. The number of hydrogen-bond donors (Lipinski definition) is 1. The van der Waals surface area contributed by atoms with E-state index in [1.165, 1.54) is 0 Å². The Hall–Kier alpha value is -0.0800. The van der Waals surface area contributed by atoms with Gasteiger partial charge in [0.05, 0.1) is 12.7 Å². The average Bonchev–Trinajstić information content (AvgIpc) is 2.03. The van der Waals surface area contributed by atoms with E-state index in [4.69, 9.17) is 4.74 Å². The molecule has 2 nitrogen and oxygen atoms in total. The van der Waals surface area contributed by atoms with E-state index in [9.17, 15) is 0 Å². The highest BCUT2D eigenvalue weighted by Gasteiger charge is 2.26. The van der Waals surface area contributed by atoms with Crippen molar-refractivity contribution in [3.63, 3.8) is 0 Å². The molecule has 0 aliphatic carbocycles. The molecule has 1 aliphatic rings. The van der Waals surface area contributed by atoms with Crippen LogP contribution in [0.25, 0.3) is 0 Å². The highest BCUT2D eigenvalue weighted by molar-refractivity contribution is 4.80. The fraction of sp³-hybridized carbons (Fsp3) is 1.00. The average molecular weight is 157 g/mol. The first-order valence-corrected chi connectivity index (χ1v) is 4.36. The molecule has 66 valence electrons. The van der Waals surface area contributed by atoms with Crippen LogP contribution in [-0.4, -0.2) is 25.3 Å². The Morgan fingerprint density at radius 2 is 2.00 bits per heavy atom. The van der Waals surface area contributed by atoms with Crippen LogP contribution in [0.4, 0.5) is 0 Å². The minimum atomic E-state index is 0.291. The van der Waals surface area contributed by atoms with Crippen LogP contribution in [0.3, 0.4) is 0 Å². The summed E-state index contributed by atoms with van der Waals surface area (Å²) in [6.45, 7) is 10.7. The van der Waals surface area contributed by atoms with Crippen molar-refractivity contribution in [3.05, 3.63) is 0 Å². The Morgan fingerprint density at radius 1 is 1.36 bits per heavy atom. The summed E-state index contributed by atoms with van der Waals surface area (Å²) in [4.78, 5) is 0. The van der Waals surface area contributed by atoms with Crippen LogP contribution in [0, 0.1) is 5.41 Å². The molecule has 0 aromatic rings. The van der Waals surface area contributed by atoms with Crippen LogP contribution >= 0.6 is 0 Å². The van der Waals surface area contributed by atoms with Crippen LogP contribution in [0.1, 0.15) is 27.7 Å². The van der Waals surface area contributed by atoms with Gasteiger partial charge in [0.15, 0.2) is 0 Å². The van der Waals surface area contributed by atoms with E-state index in [0.29, 0.717) is 17.6 Å². The lowest BCUT2D eigenvalue weighted by molar-refractivity contribution is 0.0247. The predicted molar refractivity (Wildman–Crippen MR) is 46.7 cm³/mol. The second-order valence-corrected chi connectivity index (χ2v) is 4.35. The van der Waals surface area contributed by atoms with Crippen molar-refractivity contribution in [1.82, 2.24) is 5.32 Å². The molecule has 2 heteroatoms. The van der Waals surface area contributed by atoms with Crippen LogP contribution in [0.5, 0.6) is 0 Å². The monoisotopic (exact) mass is 157 g/mol. The smallest absolute Gasteiger partial charge is 0.0697 e. The zero-order chi connectivity index (χ0) is 8.48. The van der Waals surface area contributed by atoms with E-state index in [-0.39, 0.29) is 0 Å². The zero-order valence-corrected chi connectivity index (χ0v) is 7.98. The third-order valence-corrected chi connectivity index (χ3v) is 2.34. The first kappa shape index (κ1) is 9.01. The van der Waals surface area contributed by atoms with Crippen LogP contribution in [-0.2, 0) is 4.74 Å². The molecule has 2 atom stereocenters. The molecule has 1 saturated heterocycles. The lowest BCUT2D eigenvalue weighted by atomic mass is 9.95. The molecular weight excluding hydrogens is 138 g/mol. The fourth-order valence-electron chi connectivity index (χ4n) is 1.16. The van der Waals surface area contributed by atoms with Gasteiger partial charge in [0.2, 0.25) is 0 Å². The Kier molecular flexibility index (Phi) is 2.55. The SMILES string of the molecule is CC1NCC(C)(C)COC1C. The number of ether oxygens (including phenoxy) is 1. The van der Waals surface area contributed by atoms with Gasteiger partial charge < -0.3 is 10.1 Å². The first-order chi connectivity index (χ1) is 5.01. The molecule has 0 saturated carbocycles. The molecule has 1 aliphatic heterocycles. The van der Waals surface area contributed by atoms with E-state index in [2.05, 4.69) is 33.0 Å². The van der Waals surface area contributed by atoms with E-state index >= 15 is 0 Å². The minimum Gasteiger partial charge on any atom is -0.376 e. The van der Waals surface area contributed by atoms with Crippen molar-refractivity contribution in [2.75, 3.05) is 13.2 Å². The van der Waals surface area contributed by atoms with E-state index in [0.717, 1.165) is 13.2 Å². The van der Waals surface area contributed by atoms with Crippen molar-refractivity contribution < 1.29 is 4.74 Å². The van der Waals surface area contributed by atoms with Gasteiger partial charge in [0.1, 0.15) is 0 Å². The van der Waals surface area contributed by atoms with Crippen molar-refractivity contribution in [2.24, 2.45) is 5.41 Å². The van der Waals surface area contributed by atoms with Gasteiger partial charge in [0, 0.05) is 18.0 Å². The molecule has 1 fully saturated rings. The van der Waals surface area contributed by atoms with Gasteiger partial charge in [-0.1, -0.05) is 13.8 Å². The van der Waals surface area contributed by atoms with Crippen molar-refractivity contribution >= 4 is 0 Å². The predicted octanol–water partition coefficient (Wildman–Crippen LogP) is 1.41. The summed E-state index contributed by atoms with van der Waals surface area (Å²) >= 11 is 0. The molecule has 0 amide bonds. The van der Waals surface area contributed by atoms with Gasteiger partial charge in [-0.05, 0) is 13.8 Å². The third kappa shape index (κ3) is 2.46. The van der Waals surface area contributed by atoms with Gasteiger partial charge in [-0.15, -0.1) is 0 Å². The summed E-state index contributed by atoms with van der Waals surface area (Å²) in [6, 6.07) is 0.483. The Labute approximate surface area is 69.3 Å². The zero-order valence-electron chi connectivity index (χ0n) is 7.98. The summed E-state index contributed by atoms with van der Waals surface area (Å²) in [5.74, 6) is 0. The second-order valence-electron chi connectivity index (χ2n) is 4.35. The topological polar surface area (TPSA) is 21.3 Å². The lowest BCUT2D eigenvalue weighted by Crippen LogP contribution is -2.37. The molecule has 1 heterocycles. The largest absolute Gasteiger partial charge is 0.376 e. The molecule has 0 radical (unpaired) electrons. The van der Waals surface area contributed by atoms with Gasteiger partial charge in [-0.2, -0.15) is 0 Å². The molecular formula is C9H19NO. The Bertz CT molecular complexity index is 120. The van der Waals surface area contributed by atoms with Crippen LogP contribution < -0.4 is 5.32 Å². The van der Waals surface area contributed by atoms with Crippen molar-refractivity contribution in [1.29, 1.82) is 0 Å². The van der Waals surface area contributed by atoms with Gasteiger partial charge in [-0.25, -0.2) is 0 Å². The fourth-order valence-corrected chi connectivity index (χ4v) is 1.16. The second kappa shape index (κ2) is 3.11. The molecule has 0 bridgehead atoms. The lowest BCUT2D eigenvalue weighted by Gasteiger charge is -2.20. The standard InChI is InChI=1S/C9H19NO/c1-7-8(2)11-6-9(3,4)5-10-7/h7-8,10H,5-6H2,1-4H3. The number of hydrogen-bond acceptors (Lipinski definition) is 2. The molecule has 0 aromatic carbocycles. The normalized spacial score (nSPS) is 38.2. The van der Waals surface area contributed by atoms with E-state index < -0.39 is 0 Å². The van der Waals surface area contributed by atoms with Crippen molar-refractivity contribution in [3.8, 4) is 0 Å². The minimum absolute atomic E-state index is 0.291. The van der Waals surface area contributed by atoms with Crippen LogP contribution in [0.15, 0.2) is 0 Å². The summed E-state index contributed by atoms with van der Waals surface area (Å²) in [5, 5.41) is 3.46. The maximum absolute atomic E-state index is 5.67. The van der Waals surface area contributed by atoms with Gasteiger partial charge in [0.25, 0.3) is 0 Å². The summed E-state index contributed by atoms with van der Waals surface area (Å²) < 4.78 is 5.67. The summed E-state index contributed by atoms with van der Waals surface area (Å²) in [7, 11) is 0. The first-order valence-electron chi connectivity index (χ1n) is 4.36. The molecule has 11 heavy (non-hydrogen) atoms. The molecule has 1 N–H and O–H groups in total. The summed E-state index contributed by atoms with van der Waals surface area (Å²) in [6.07, 6.45) is 0.344. The van der Waals surface area contributed by atoms with E-state index in [1.54, 1.807) is 0 Å². The third-order valence-electron chi connectivity index (χ3n) is 2.34. The highest BCUT2D eigenvalue weighted by Crippen LogP contribution is 2.19. The molecule has 1 rings (SSSR count). The Balaban J connectivity index is 2.51. The molecule has 0 aromatic heterocycles. The number of rotatable bonds is 0. The molecule has 0 spiro atoms. The number of nitrogens with one attached hydrogen (secondary N) is 1.